The van der Waals surface area contributed by atoms with Gasteiger partial charge in [0.1, 0.15) is 0 Å². The van der Waals surface area contributed by atoms with Crippen molar-refractivity contribution >= 4 is 23.6 Å². The molecular formula is C16H16N4O5. The number of rotatable bonds is 5. The van der Waals surface area contributed by atoms with Crippen molar-refractivity contribution in [3.05, 3.63) is 57.6 Å². The number of amides is 2. The van der Waals surface area contributed by atoms with Gasteiger partial charge in [0.2, 0.25) is 5.75 Å². The SMILES string of the molecule is COc1cc(/C=N\NC(=O)Nc2ccccc2C)cc([N+](=O)[O-])c1O. The van der Waals surface area contributed by atoms with E-state index in [0.717, 1.165) is 11.6 Å². The van der Waals surface area contributed by atoms with Crippen LogP contribution in [0.5, 0.6) is 11.5 Å². The second kappa shape index (κ2) is 7.77. The number of carbonyl (C=O) groups is 1. The van der Waals surface area contributed by atoms with E-state index in [1.165, 1.54) is 19.4 Å². The normalized spacial score (nSPS) is 10.5. The lowest BCUT2D eigenvalue weighted by atomic mass is 10.2. The van der Waals surface area contributed by atoms with E-state index < -0.39 is 22.4 Å². The Hall–Kier alpha value is -3.62. The Labute approximate surface area is 143 Å². The fourth-order valence-corrected chi connectivity index (χ4v) is 2.01. The van der Waals surface area contributed by atoms with Crippen molar-refractivity contribution in [2.45, 2.75) is 6.92 Å². The number of hydrogen-bond donors (Lipinski definition) is 3. The first kappa shape index (κ1) is 17.7. The van der Waals surface area contributed by atoms with Crippen LogP contribution in [0.4, 0.5) is 16.2 Å². The lowest BCUT2D eigenvalue weighted by molar-refractivity contribution is -0.386. The zero-order chi connectivity index (χ0) is 18.4. The first-order valence-electron chi connectivity index (χ1n) is 7.13. The fourth-order valence-electron chi connectivity index (χ4n) is 2.01. The highest BCUT2D eigenvalue weighted by molar-refractivity contribution is 5.91. The van der Waals surface area contributed by atoms with Gasteiger partial charge in [0.15, 0.2) is 5.75 Å². The second-order valence-electron chi connectivity index (χ2n) is 4.99. The fraction of sp³-hybridized carbons (Fsp3) is 0.125. The summed E-state index contributed by atoms with van der Waals surface area (Å²) < 4.78 is 4.88. The summed E-state index contributed by atoms with van der Waals surface area (Å²) in [6.45, 7) is 1.85. The van der Waals surface area contributed by atoms with Crippen LogP contribution in [0.25, 0.3) is 0 Å². The van der Waals surface area contributed by atoms with Gasteiger partial charge in [-0.3, -0.25) is 10.1 Å². The van der Waals surface area contributed by atoms with Crippen LogP contribution in [0, 0.1) is 17.0 Å². The van der Waals surface area contributed by atoms with Crippen LogP contribution < -0.4 is 15.5 Å². The molecule has 0 aliphatic heterocycles. The molecule has 0 fully saturated rings. The van der Waals surface area contributed by atoms with Gasteiger partial charge in [-0.1, -0.05) is 18.2 Å². The summed E-state index contributed by atoms with van der Waals surface area (Å²) in [6.07, 6.45) is 1.20. The van der Waals surface area contributed by atoms with Crippen LogP contribution in [-0.4, -0.2) is 29.4 Å². The maximum atomic E-state index is 11.8. The molecule has 2 amide bonds. The van der Waals surface area contributed by atoms with E-state index in [0.29, 0.717) is 5.69 Å². The highest BCUT2D eigenvalue weighted by Crippen LogP contribution is 2.36. The maximum Gasteiger partial charge on any atom is 0.339 e. The molecule has 0 spiro atoms. The van der Waals surface area contributed by atoms with Gasteiger partial charge in [0.25, 0.3) is 0 Å². The number of urea groups is 1. The Balaban J connectivity index is 2.09. The topological polar surface area (TPSA) is 126 Å². The average molecular weight is 344 g/mol. The minimum Gasteiger partial charge on any atom is -0.500 e. The number of nitrogens with one attached hydrogen (secondary N) is 2. The first-order chi connectivity index (χ1) is 11.9. The summed E-state index contributed by atoms with van der Waals surface area (Å²) in [5.41, 5.74) is 3.53. The molecule has 0 saturated heterocycles. The molecule has 9 nitrogen and oxygen atoms in total. The zero-order valence-electron chi connectivity index (χ0n) is 13.5. The van der Waals surface area contributed by atoms with Crippen LogP contribution in [0.15, 0.2) is 41.5 Å². The molecule has 0 saturated carbocycles. The molecule has 9 heteroatoms. The largest absolute Gasteiger partial charge is 0.500 e. The molecule has 130 valence electrons. The Morgan fingerprint density at radius 2 is 2.08 bits per heavy atom. The molecule has 0 aliphatic rings. The maximum absolute atomic E-state index is 11.8. The van der Waals surface area contributed by atoms with Crippen molar-refractivity contribution in [2.24, 2.45) is 5.10 Å². The van der Waals surface area contributed by atoms with E-state index in [2.05, 4.69) is 15.8 Å². The highest BCUT2D eigenvalue weighted by atomic mass is 16.6. The summed E-state index contributed by atoms with van der Waals surface area (Å²) in [5, 5.41) is 27.0. The number of aryl methyl sites for hydroxylation is 1. The van der Waals surface area contributed by atoms with Crippen LogP contribution in [0.2, 0.25) is 0 Å². The van der Waals surface area contributed by atoms with Gasteiger partial charge < -0.3 is 15.2 Å². The molecule has 2 aromatic carbocycles. The van der Waals surface area contributed by atoms with Gasteiger partial charge in [0.05, 0.1) is 18.2 Å². The molecule has 0 bridgehead atoms. The number of hydrogen-bond acceptors (Lipinski definition) is 6. The standard InChI is InChI=1S/C16H16N4O5/c1-10-5-3-4-6-12(10)18-16(22)19-17-9-11-7-13(20(23)24)15(21)14(8-11)25-2/h3-9,21H,1-2H3,(H2,18,19,22)/b17-9-. The number of anilines is 1. The lowest BCUT2D eigenvalue weighted by Crippen LogP contribution is -2.24. The molecule has 25 heavy (non-hydrogen) atoms. The quantitative estimate of drug-likeness (QED) is 0.437. The number of carbonyl (C=O) groups excluding carboxylic acids is 1. The van der Waals surface area contributed by atoms with E-state index in [1.807, 2.05) is 19.1 Å². The van der Waals surface area contributed by atoms with Crippen molar-refractivity contribution < 1.29 is 19.6 Å². The molecule has 0 unspecified atom stereocenters. The van der Waals surface area contributed by atoms with Gasteiger partial charge in [-0.2, -0.15) is 5.10 Å². The third-order valence-electron chi connectivity index (χ3n) is 3.27. The molecule has 0 heterocycles. The molecule has 0 aliphatic carbocycles. The zero-order valence-corrected chi connectivity index (χ0v) is 13.5. The molecule has 0 atom stereocenters. The average Bonchev–Trinajstić information content (AvgIpc) is 2.58. The van der Waals surface area contributed by atoms with Crippen LogP contribution in [0.1, 0.15) is 11.1 Å². The van der Waals surface area contributed by atoms with Gasteiger partial charge >= 0.3 is 11.7 Å². The third-order valence-corrected chi connectivity index (χ3v) is 3.27. The van der Waals surface area contributed by atoms with Crippen LogP contribution >= 0.6 is 0 Å². The first-order valence-corrected chi connectivity index (χ1v) is 7.13. The minimum atomic E-state index is -0.743. The number of ether oxygens (including phenoxy) is 1. The minimum absolute atomic E-state index is 0.0694. The predicted molar refractivity (Wildman–Crippen MR) is 92.2 cm³/mol. The Bertz CT molecular complexity index is 835. The Kier molecular flexibility index (Phi) is 5.51. The van der Waals surface area contributed by atoms with Crippen molar-refractivity contribution in [3.8, 4) is 11.5 Å². The van der Waals surface area contributed by atoms with Crippen LogP contribution in [-0.2, 0) is 0 Å². The van der Waals surface area contributed by atoms with Crippen molar-refractivity contribution in [1.82, 2.24) is 5.43 Å². The number of phenols is 1. The van der Waals surface area contributed by atoms with E-state index in [-0.39, 0.29) is 11.3 Å². The van der Waals surface area contributed by atoms with Gasteiger partial charge in [-0.15, -0.1) is 0 Å². The van der Waals surface area contributed by atoms with Crippen LogP contribution in [0.3, 0.4) is 0 Å². The number of aromatic hydroxyl groups is 1. The lowest BCUT2D eigenvalue weighted by Gasteiger charge is -2.07. The number of nitro benzene ring substituents is 1. The molecular weight excluding hydrogens is 328 g/mol. The van der Waals surface area contributed by atoms with E-state index in [1.54, 1.807) is 12.1 Å². The predicted octanol–water partition coefficient (Wildman–Crippen LogP) is 2.77. The number of methoxy groups -OCH3 is 1. The number of nitro groups is 1. The van der Waals surface area contributed by atoms with E-state index in [4.69, 9.17) is 4.74 Å². The Morgan fingerprint density at radius 3 is 2.72 bits per heavy atom. The molecule has 2 rings (SSSR count). The van der Waals surface area contributed by atoms with Crippen molar-refractivity contribution in [3.63, 3.8) is 0 Å². The monoisotopic (exact) mass is 344 g/mol. The second-order valence-corrected chi connectivity index (χ2v) is 4.99. The summed E-state index contributed by atoms with van der Waals surface area (Å²) >= 11 is 0. The number of para-hydroxylation sites is 1. The van der Waals surface area contributed by atoms with Gasteiger partial charge in [-0.05, 0) is 24.6 Å². The molecule has 0 radical (unpaired) electrons. The van der Waals surface area contributed by atoms with Gasteiger partial charge in [0, 0.05) is 17.3 Å². The number of hydrazone groups is 1. The van der Waals surface area contributed by atoms with Crippen molar-refractivity contribution in [2.75, 3.05) is 12.4 Å². The number of phenolic OH excluding ortho intramolecular Hbond substituents is 1. The number of benzene rings is 2. The van der Waals surface area contributed by atoms with Gasteiger partial charge in [-0.25, -0.2) is 10.2 Å². The molecule has 0 aromatic heterocycles. The summed E-state index contributed by atoms with van der Waals surface area (Å²) in [7, 11) is 1.27. The number of nitrogens with zero attached hydrogens (tertiary/aromatic N) is 2. The highest BCUT2D eigenvalue weighted by Gasteiger charge is 2.19. The molecule has 3 N–H and O–H groups in total. The molecule has 2 aromatic rings. The van der Waals surface area contributed by atoms with Crippen molar-refractivity contribution in [1.29, 1.82) is 0 Å². The third kappa shape index (κ3) is 4.44. The smallest absolute Gasteiger partial charge is 0.339 e. The summed E-state index contributed by atoms with van der Waals surface area (Å²) in [6, 6.07) is 9.13. The summed E-state index contributed by atoms with van der Waals surface area (Å²) in [4.78, 5) is 22.0. The van der Waals surface area contributed by atoms with E-state index >= 15 is 0 Å². The van der Waals surface area contributed by atoms with E-state index in [9.17, 15) is 20.0 Å². The summed E-state index contributed by atoms with van der Waals surface area (Å²) in [5.74, 6) is -0.644. The Morgan fingerprint density at radius 1 is 1.36 bits per heavy atom.